The third-order valence-corrected chi connectivity index (χ3v) is 7.85. The summed E-state index contributed by atoms with van der Waals surface area (Å²) in [6.07, 6.45) is 6.80. The van der Waals surface area contributed by atoms with Gasteiger partial charge in [-0.3, -0.25) is 0 Å². The van der Waals surface area contributed by atoms with Crippen LogP contribution in [0.1, 0.15) is 68.6 Å². The van der Waals surface area contributed by atoms with Gasteiger partial charge in [0.1, 0.15) is 5.75 Å². The molecule has 5 nitrogen and oxygen atoms in total. The summed E-state index contributed by atoms with van der Waals surface area (Å²) < 4.78 is 27.8. The van der Waals surface area contributed by atoms with E-state index >= 15 is 0 Å². The first-order chi connectivity index (χ1) is 12.2. The van der Waals surface area contributed by atoms with Crippen LogP contribution in [0.25, 0.3) is 0 Å². The van der Waals surface area contributed by atoms with Crippen molar-refractivity contribution in [2.24, 2.45) is 22.4 Å². The number of aryl methyl sites for hydroxylation is 2. The van der Waals surface area contributed by atoms with E-state index in [1.807, 2.05) is 13.0 Å². The first-order valence-corrected chi connectivity index (χ1v) is 11.3. The second kappa shape index (κ2) is 6.21. The first kappa shape index (κ1) is 18.3. The monoisotopic (exact) mass is 379 g/mol. The summed E-state index contributed by atoms with van der Waals surface area (Å²) in [7, 11) is -4.01. The zero-order chi connectivity index (χ0) is 18.7. The van der Waals surface area contributed by atoms with Gasteiger partial charge in [0.15, 0.2) is 0 Å². The molecule has 3 aliphatic carbocycles. The van der Waals surface area contributed by atoms with Crippen LogP contribution in [0.2, 0.25) is 0 Å². The summed E-state index contributed by atoms with van der Waals surface area (Å²) in [6.45, 7) is 4.28. The topological polar surface area (TPSA) is 89.6 Å². The Bertz CT molecular complexity index is 821. The molecule has 4 rings (SSSR count). The van der Waals surface area contributed by atoms with E-state index in [-0.39, 0.29) is 11.5 Å². The number of nitrogens with two attached hydrogens (primary N) is 1. The van der Waals surface area contributed by atoms with E-state index in [2.05, 4.69) is 13.0 Å². The lowest BCUT2D eigenvalue weighted by Gasteiger charge is -2.50. The quantitative estimate of drug-likeness (QED) is 0.845. The van der Waals surface area contributed by atoms with Crippen molar-refractivity contribution >= 4 is 10.3 Å². The molecule has 26 heavy (non-hydrogen) atoms. The van der Waals surface area contributed by atoms with Crippen LogP contribution in [0.15, 0.2) is 12.1 Å². The molecule has 0 spiro atoms. The van der Waals surface area contributed by atoms with Crippen molar-refractivity contribution in [2.45, 2.75) is 70.8 Å². The summed E-state index contributed by atoms with van der Waals surface area (Å²) in [4.78, 5) is 0. The fourth-order valence-electron chi connectivity index (χ4n) is 6.10. The molecule has 0 heterocycles. The molecule has 0 aliphatic heterocycles. The molecule has 0 unspecified atom stereocenters. The smallest absolute Gasteiger partial charge is 0.380 e. The van der Waals surface area contributed by atoms with E-state index in [0.717, 1.165) is 44.1 Å². The van der Waals surface area contributed by atoms with Gasteiger partial charge in [0.25, 0.3) is 0 Å². The highest BCUT2D eigenvalue weighted by molar-refractivity contribution is 7.84. The fourth-order valence-corrected chi connectivity index (χ4v) is 6.50. The number of aliphatic hydroxyl groups is 1. The normalized spacial score (nSPS) is 36.2. The van der Waals surface area contributed by atoms with E-state index in [4.69, 9.17) is 9.32 Å². The van der Waals surface area contributed by atoms with Crippen LogP contribution in [-0.2, 0) is 23.1 Å². The predicted octanol–water partition coefficient (Wildman–Crippen LogP) is 3.05. The van der Waals surface area contributed by atoms with E-state index in [1.54, 1.807) is 0 Å². The molecule has 0 saturated heterocycles. The zero-order valence-corrected chi connectivity index (χ0v) is 16.4. The lowest BCUT2D eigenvalue weighted by atomic mass is 9.55. The van der Waals surface area contributed by atoms with Crippen LogP contribution >= 0.6 is 0 Å². The van der Waals surface area contributed by atoms with Crippen molar-refractivity contribution in [3.63, 3.8) is 0 Å². The summed E-state index contributed by atoms with van der Waals surface area (Å²) >= 11 is 0. The average Bonchev–Trinajstić information content (AvgIpc) is 2.88. The number of aliphatic hydroxyl groups excluding tert-OH is 1. The lowest BCUT2D eigenvalue weighted by Crippen LogP contribution is -2.44. The number of rotatable bonds is 3. The maximum Gasteiger partial charge on any atom is 0.380 e. The van der Waals surface area contributed by atoms with Gasteiger partial charge in [-0.1, -0.05) is 19.9 Å². The zero-order valence-electron chi connectivity index (χ0n) is 15.6. The fraction of sp³-hybridized carbons (Fsp3) is 0.700. The van der Waals surface area contributed by atoms with Crippen LogP contribution in [0, 0.1) is 17.3 Å². The Morgan fingerprint density at radius 3 is 2.73 bits per heavy atom. The minimum Gasteiger partial charge on any atom is -0.393 e. The molecule has 0 amide bonds. The Hall–Kier alpha value is -1.11. The Kier molecular flexibility index (Phi) is 4.36. The molecule has 5 atom stereocenters. The molecule has 6 heteroatoms. The van der Waals surface area contributed by atoms with Crippen molar-refractivity contribution in [3.8, 4) is 5.75 Å². The molecule has 3 N–H and O–H groups in total. The maximum atomic E-state index is 11.4. The molecule has 1 aromatic rings. The summed E-state index contributed by atoms with van der Waals surface area (Å²) in [6, 6.07) is 4.05. The number of hydrogen-bond acceptors (Lipinski definition) is 4. The molecule has 0 aromatic heterocycles. The van der Waals surface area contributed by atoms with Gasteiger partial charge in [-0.05, 0) is 90.9 Å². The molecular weight excluding hydrogens is 350 g/mol. The van der Waals surface area contributed by atoms with Crippen molar-refractivity contribution in [2.75, 3.05) is 0 Å². The third-order valence-electron chi connectivity index (χ3n) is 7.44. The van der Waals surface area contributed by atoms with E-state index in [9.17, 15) is 13.5 Å². The Balaban J connectivity index is 1.70. The highest BCUT2D eigenvalue weighted by atomic mass is 32.2. The standard InChI is InChI=1S/C20H29NO4S/c1-3-12-10-16-13(11-18(12)25-26(21,23)24)4-5-15-14(16)8-9-20(2)17(15)6-7-19(20)22/h10-11,14-15,17,19,22H,3-9H2,1-2H3,(H2,21,23,24)/t14-,15+,17-,19-,20-/m0/s1. The molecule has 2 fully saturated rings. The third kappa shape index (κ3) is 2.86. The highest BCUT2D eigenvalue weighted by Gasteiger charge is 2.54. The summed E-state index contributed by atoms with van der Waals surface area (Å²) in [5, 5.41) is 15.6. The van der Waals surface area contributed by atoms with Gasteiger partial charge in [0, 0.05) is 0 Å². The first-order valence-electron chi connectivity index (χ1n) is 9.79. The molecular formula is C20H29NO4S. The van der Waals surface area contributed by atoms with Crippen LogP contribution in [-0.4, -0.2) is 19.6 Å². The molecule has 144 valence electrons. The summed E-state index contributed by atoms with van der Waals surface area (Å²) in [5.41, 5.74) is 3.54. The maximum absolute atomic E-state index is 11.4. The minimum atomic E-state index is -4.01. The van der Waals surface area contributed by atoms with E-state index < -0.39 is 10.3 Å². The predicted molar refractivity (Wildman–Crippen MR) is 100 cm³/mol. The van der Waals surface area contributed by atoms with Crippen LogP contribution in [0.4, 0.5) is 0 Å². The van der Waals surface area contributed by atoms with Crippen molar-refractivity contribution in [3.05, 3.63) is 28.8 Å². The van der Waals surface area contributed by atoms with Gasteiger partial charge in [-0.25, -0.2) is 0 Å². The largest absolute Gasteiger partial charge is 0.393 e. The van der Waals surface area contributed by atoms with Crippen molar-refractivity contribution in [1.82, 2.24) is 0 Å². The molecule has 1 aromatic carbocycles. The van der Waals surface area contributed by atoms with Gasteiger partial charge in [-0.2, -0.15) is 13.6 Å². The number of fused-ring (bicyclic) bond motifs is 5. The van der Waals surface area contributed by atoms with Crippen molar-refractivity contribution < 1.29 is 17.7 Å². The average molecular weight is 380 g/mol. The Morgan fingerprint density at radius 1 is 1.27 bits per heavy atom. The molecule has 0 bridgehead atoms. The van der Waals surface area contributed by atoms with Crippen molar-refractivity contribution in [1.29, 1.82) is 0 Å². The number of hydrogen-bond donors (Lipinski definition) is 2. The second-order valence-corrected chi connectivity index (χ2v) is 9.79. The SMILES string of the molecule is CCc1cc2c(cc1OS(N)(=O)=O)CC[C@@H]1[C@@H]2CC[C@]2(C)[C@@H](O)CC[C@@H]12. The van der Waals surface area contributed by atoms with Crippen LogP contribution in [0.3, 0.4) is 0 Å². The molecule has 0 radical (unpaired) electrons. The lowest BCUT2D eigenvalue weighted by molar-refractivity contribution is -0.0226. The van der Waals surface area contributed by atoms with Gasteiger partial charge in [0.2, 0.25) is 0 Å². The van der Waals surface area contributed by atoms with Crippen LogP contribution < -0.4 is 9.32 Å². The second-order valence-electron chi connectivity index (χ2n) is 8.64. The van der Waals surface area contributed by atoms with Gasteiger partial charge < -0.3 is 9.29 Å². The minimum absolute atomic E-state index is 0.0724. The highest BCUT2D eigenvalue weighted by Crippen LogP contribution is 2.61. The Morgan fingerprint density at radius 2 is 2.04 bits per heavy atom. The van der Waals surface area contributed by atoms with Crippen LogP contribution in [0.5, 0.6) is 5.75 Å². The number of benzene rings is 1. The molecule has 2 saturated carbocycles. The van der Waals surface area contributed by atoms with Gasteiger partial charge in [-0.15, -0.1) is 0 Å². The molecule has 3 aliphatic rings. The van der Waals surface area contributed by atoms with Gasteiger partial charge >= 0.3 is 10.3 Å². The Labute approximate surface area is 156 Å². The van der Waals surface area contributed by atoms with E-state index in [0.29, 0.717) is 29.9 Å². The van der Waals surface area contributed by atoms with Gasteiger partial charge in [0.05, 0.1) is 6.10 Å². The van der Waals surface area contributed by atoms with E-state index in [1.165, 1.54) is 11.1 Å². The summed E-state index contributed by atoms with van der Waals surface area (Å²) in [5.74, 6) is 2.10.